The Labute approximate surface area is 168 Å². The number of thiocyanates is 1. The fourth-order valence-corrected chi connectivity index (χ4v) is 2.19. The molecule has 0 saturated carbocycles. The Kier molecular flexibility index (Phi) is 19.7. The maximum Gasteiger partial charge on any atom is 0.217 e. The van der Waals surface area contributed by atoms with E-state index in [1.54, 1.807) is 6.92 Å². The number of nitriles is 1. The third-order valence-electron chi connectivity index (χ3n) is 3.12. The number of thioether (sulfide) groups is 1. The van der Waals surface area contributed by atoms with Gasteiger partial charge in [0.15, 0.2) is 0 Å². The normalized spacial score (nSPS) is 9.70. The Bertz CT molecular complexity index is 589. The zero-order valence-corrected chi connectivity index (χ0v) is 17.6. The summed E-state index contributed by atoms with van der Waals surface area (Å²) in [6, 6.07) is 7.83. The lowest BCUT2D eigenvalue weighted by Crippen LogP contribution is -2.30. The van der Waals surface area contributed by atoms with Gasteiger partial charge in [-0.05, 0) is 42.8 Å². The number of carbonyl (C=O) groups is 2. The second kappa shape index (κ2) is 19.9. The first-order valence-electron chi connectivity index (χ1n) is 8.97. The number of carbonyl (C=O) groups excluding carboxylic acids is 2. The highest BCUT2D eigenvalue weighted by atomic mass is 32.2. The van der Waals surface area contributed by atoms with E-state index in [1.807, 2.05) is 43.5 Å². The maximum atomic E-state index is 10.5. The van der Waals surface area contributed by atoms with Crippen LogP contribution in [0.2, 0.25) is 0 Å². The predicted octanol–water partition coefficient (Wildman–Crippen LogP) is 4.24. The molecule has 2 amide bonds. The van der Waals surface area contributed by atoms with Crippen molar-refractivity contribution in [2.45, 2.75) is 70.9 Å². The topological polar surface area (TPSA) is 82.0 Å². The standard InChI is InChI=1S/C9H8N2OS.C8H17NO.C4H6/c10-6-13-9-3-1-8(2-4-9)5-11-7-12;1-4-5-6-7(2)9-8(3)10;1-3-4-2/h1-4,7H,5H2,(H,11,12);7H,4-6H2,1-3H3,(H,9,10);1H,4H2,2H3. The first-order chi connectivity index (χ1) is 12.9. The van der Waals surface area contributed by atoms with Gasteiger partial charge in [0.1, 0.15) is 5.40 Å². The molecule has 0 heterocycles. The smallest absolute Gasteiger partial charge is 0.217 e. The molecule has 148 valence electrons. The van der Waals surface area contributed by atoms with Crippen molar-refractivity contribution in [3.05, 3.63) is 29.8 Å². The molecular formula is C21H31N3O2S. The van der Waals surface area contributed by atoms with Crippen LogP contribution in [0, 0.1) is 23.0 Å². The molecule has 0 aliphatic heterocycles. The maximum absolute atomic E-state index is 10.5. The van der Waals surface area contributed by atoms with Crippen LogP contribution in [-0.2, 0) is 16.1 Å². The Morgan fingerprint density at radius 2 is 1.93 bits per heavy atom. The van der Waals surface area contributed by atoms with Crippen molar-refractivity contribution in [1.29, 1.82) is 5.26 Å². The van der Waals surface area contributed by atoms with E-state index in [1.165, 1.54) is 12.8 Å². The third kappa shape index (κ3) is 19.7. The second-order valence-corrected chi connectivity index (χ2v) is 6.50. The van der Waals surface area contributed by atoms with Crippen molar-refractivity contribution in [3.8, 4) is 17.7 Å². The van der Waals surface area contributed by atoms with Crippen LogP contribution < -0.4 is 10.6 Å². The summed E-state index contributed by atoms with van der Waals surface area (Å²) in [7, 11) is 0. The van der Waals surface area contributed by atoms with E-state index >= 15 is 0 Å². The summed E-state index contributed by atoms with van der Waals surface area (Å²) < 4.78 is 0. The summed E-state index contributed by atoms with van der Waals surface area (Å²) >= 11 is 1.12. The Morgan fingerprint density at radius 3 is 2.33 bits per heavy atom. The zero-order valence-electron chi connectivity index (χ0n) is 16.7. The molecular weight excluding hydrogens is 358 g/mol. The number of nitrogens with zero attached hydrogens (tertiary/aromatic N) is 1. The van der Waals surface area contributed by atoms with Crippen molar-refractivity contribution in [2.24, 2.45) is 0 Å². The van der Waals surface area contributed by atoms with Crippen LogP contribution in [-0.4, -0.2) is 18.4 Å². The molecule has 0 fully saturated rings. The van der Waals surface area contributed by atoms with Gasteiger partial charge in [0, 0.05) is 30.8 Å². The van der Waals surface area contributed by atoms with Crippen molar-refractivity contribution >= 4 is 24.1 Å². The summed E-state index contributed by atoms with van der Waals surface area (Å²) in [4.78, 5) is 21.4. The number of rotatable bonds is 8. The molecule has 1 unspecified atom stereocenters. The van der Waals surface area contributed by atoms with E-state index < -0.39 is 0 Å². The molecule has 1 atom stereocenters. The highest BCUT2D eigenvalue weighted by Gasteiger charge is 2.00. The zero-order chi connectivity index (χ0) is 20.9. The van der Waals surface area contributed by atoms with Crippen molar-refractivity contribution in [3.63, 3.8) is 0 Å². The monoisotopic (exact) mass is 389 g/mol. The summed E-state index contributed by atoms with van der Waals surface area (Å²) in [6.07, 6.45) is 9.78. The molecule has 27 heavy (non-hydrogen) atoms. The quantitative estimate of drug-likeness (QED) is 0.302. The van der Waals surface area contributed by atoms with Crippen LogP contribution in [0.5, 0.6) is 0 Å². The van der Waals surface area contributed by atoms with Gasteiger partial charge in [-0.1, -0.05) is 38.8 Å². The summed E-state index contributed by atoms with van der Waals surface area (Å²) in [5, 5.41) is 15.8. The molecule has 1 aromatic carbocycles. The number of hydrogen-bond acceptors (Lipinski definition) is 4. The van der Waals surface area contributed by atoms with Gasteiger partial charge in [0.2, 0.25) is 12.3 Å². The minimum Gasteiger partial charge on any atom is -0.355 e. The molecule has 2 N–H and O–H groups in total. The van der Waals surface area contributed by atoms with Gasteiger partial charge in [-0.25, -0.2) is 0 Å². The van der Waals surface area contributed by atoms with E-state index in [9.17, 15) is 9.59 Å². The van der Waals surface area contributed by atoms with Gasteiger partial charge >= 0.3 is 0 Å². The molecule has 0 saturated heterocycles. The summed E-state index contributed by atoms with van der Waals surface area (Å²) in [5.74, 6) is 2.50. The van der Waals surface area contributed by atoms with Crippen molar-refractivity contribution in [1.82, 2.24) is 10.6 Å². The largest absolute Gasteiger partial charge is 0.355 e. The van der Waals surface area contributed by atoms with Crippen molar-refractivity contribution < 1.29 is 9.59 Å². The minimum atomic E-state index is 0.0728. The predicted molar refractivity (Wildman–Crippen MR) is 113 cm³/mol. The number of benzene rings is 1. The van der Waals surface area contributed by atoms with Crippen LogP contribution in [0.1, 0.15) is 58.9 Å². The molecule has 0 aliphatic rings. The Balaban J connectivity index is 0. The van der Waals surface area contributed by atoms with Gasteiger partial charge in [0.05, 0.1) is 0 Å². The molecule has 0 spiro atoms. The number of amides is 2. The van der Waals surface area contributed by atoms with Gasteiger partial charge in [-0.2, -0.15) is 5.26 Å². The van der Waals surface area contributed by atoms with Crippen molar-refractivity contribution in [2.75, 3.05) is 0 Å². The summed E-state index contributed by atoms with van der Waals surface area (Å²) in [6.45, 7) is 8.22. The van der Waals surface area contributed by atoms with Crippen LogP contribution in [0.25, 0.3) is 0 Å². The Morgan fingerprint density at radius 1 is 1.33 bits per heavy atom. The SMILES string of the molecule is C#CCC.CCCCC(C)NC(C)=O.N#CSc1ccc(CNC=O)cc1. The van der Waals surface area contributed by atoms with Crippen LogP contribution in [0.3, 0.4) is 0 Å². The van der Waals surface area contributed by atoms with Gasteiger partial charge < -0.3 is 10.6 Å². The number of nitrogens with one attached hydrogen (secondary N) is 2. The van der Waals surface area contributed by atoms with E-state index in [2.05, 4.69) is 23.5 Å². The van der Waals surface area contributed by atoms with E-state index in [0.717, 1.165) is 35.1 Å². The molecule has 0 aromatic heterocycles. The highest BCUT2D eigenvalue weighted by molar-refractivity contribution is 8.03. The lowest BCUT2D eigenvalue weighted by Gasteiger charge is -2.10. The molecule has 1 rings (SSSR count). The third-order valence-corrected chi connectivity index (χ3v) is 3.72. The fraction of sp³-hybridized carbons (Fsp3) is 0.476. The number of terminal acetylenes is 1. The van der Waals surface area contributed by atoms with Crippen LogP contribution in [0.4, 0.5) is 0 Å². The average Bonchev–Trinajstić information content (AvgIpc) is 2.66. The number of unbranched alkanes of at least 4 members (excludes halogenated alkanes) is 1. The Hall–Kier alpha value is -2.44. The molecule has 0 bridgehead atoms. The minimum absolute atomic E-state index is 0.0728. The van der Waals surface area contributed by atoms with E-state index in [0.29, 0.717) is 19.0 Å². The molecule has 0 radical (unpaired) electrons. The molecule has 0 aliphatic carbocycles. The first-order valence-corrected chi connectivity index (χ1v) is 9.79. The average molecular weight is 390 g/mol. The first kappa shape index (κ1) is 26.8. The van der Waals surface area contributed by atoms with Crippen LogP contribution in [0.15, 0.2) is 29.2 Å². The van der Waals surface area contributed by atoms with Gasteiger partial charge in [-0.3, -0.25) is 9.59 Å². The lowest BCUT2D eigenvalue weighted by molar-refractivity contribution is -0.119. The van der Waals surface area contributed by atoms with Gasteiger partial charge in [0.25, 0.3) is 0 Å². The fourth-order valence-electron chi connectivity index (χ4n) is 1.82. The molecule has 1 aromatic rings. The lowest BCUT2D eigenvalue weighted by atomic mass is 10.1. The summed E-state index contributed by atoms with van der Waals surface area (Å²) in [5.41, 5.74) is 1.02. The van der Waals surface area contributed by atoms with E-state index in [-0.39, 0.29) is 5.91 Å². The van der Waals surface area contributed by atoms with Gasteiger partial charge in [-0.15, -0.1) is 12.3 Å². The van der Waals surface area contributed by atoms with Crippen LogP contribution >= 0.6 is 11.8 Å². The molecule has 6 heteroatoms. The number of hydrogen-bond donors (Lipinski definition) is 2. The van der Waals surface area contributed by atoms with E-state index in [4.69, 9.17) is 11.7 Å². The molecule has 5 nitrogen and oxygen atoms in total. The second-order valence-electron chi connectivity index (χ2n) is 5.64. The highest BCUT2D eigenvalue weighted by Crippen LogP contribution is 2.16.